The van der Waals surface area contributed by atoms with Gasteiger partial charge < -0.3 is 10.2 Å². The monoisotopic (exact) mass is 310 g/mol. The molecule has 0 saturated heterocycles. The molecule has 0 unspecified atom stereocenters. The Morgan fingerprint density at radius 2 is 1.85 bits per heavy atom. The zero-order chi connectivity index (χ0) is 14.5. The molecule has 0 aliphatic rings. The first kappa shape index (κ1) is 14.9. The Morgan fingerprint density at radius 3 is 2.50 bits per heavy atom. The highest BCUT2D eigenvalue weighted by atomic mass is 35.5. The van der Waals surface area contributed by atoms with Gasteiger partial charge in [0.1, 0.15) is 18.0 Å². The van der Waals surface area contributed by atoms with Crippen LogP contribution in [0.15, 0.2) is 30.6 Å². The van der Waals surface area contributed by atoms with Crippen LogP contribution in [0.4, 0.5) is 17.3 Å². The van der Waals surface area contributed by atoms with E-state index < -0.39 is 0 Å². The van der Waals surface area contributed by atoms with Crippen LogP contribution < -0.4 is 10.2 Å². The van der Waals surface area contributed by atoms with Gasteiger partial charge in [0.15, 0.2) is 0 Å². The second-order valence-corrected chi connectivity index (χ2v) is 5.03. The fraction of sp³-hybridized carbons (Fsp3) is 0.286. The third-order valence-electron chi connectivity index (χ3n) is 2.93. The van der Waals surface area contributed by atoms with Crippen LogP contribution in [0.2, 0.25) is 10.0 Å². The van der Waals surface area contributed by atoms with Gasteiger partial charge in [-0.1, -0.05) is 23.2 Å². The van der Waals surface area contributed by atoms with E-state index >= 15 is 0 Å². The van der Waals surface area contributed by atoms with Crippen molar-refractivity contribution < 1.29 is 0 Å². The molecule has 1 aromatic carbocycles. The van der Waals surface area contributed by atoms with Crippen LogP contribution in [-0.2, 0) is 0 Å². The Labute approximate surface area is 128 Å². The molecule has 0 aliphatic heterocycles. The topological polar surface area (TPSA) is 41.0 Å². The van der Waals surface area contributed by atoms with Crippen molar-refractivity contribution in [3.63, 3.8) is 0 Å². The minimum Gasteiger partial charge on any atom is -0.357 e. The molecule has 0 aliphatic carbocycles. The molecule has 1 N–H and O–H groups in total. The molecule has 4 nitrogen and oxygen atoms in total. The summed E-state index contributed by atoms with van der Waals surface area (Å²) in [6.45, 7) is 5.98. The maximum atomic E-state index is 6.14. The summed E-state index contributed by atoms with van der Waals surface area (Å²) in [5.74, 6) is 1.59. The normalized spacial score (nSPS) is 10.4. The number of anilines is 3. The van der Waals surface area contributed by atoms with Crippen LogP contribution in [0, 0.1) is 0 Å². The molecule has 20 heavy (non-hydrogen) atoms. The lowest BCUT2D eigenvalue weighted by Crippen LogP contribution is -2.23. The van der Waals surface area contributed by atoms with Crippen LogP contribution in [0.5, 0.6) is 0 Å². The zero-order valence-electron chi connectivity index (χ0n) is 11.4. The molecule has 2 rings (SSSR count). The molecule has 106 valence electrons. The lowest BCUT2D eigenvalue weighted by Gasteiger charge is -2.20. The second kappa shape index (κ2) is 6.77. The fourth-order valence-electron chi connectivity index (χ4n) is 1.86. The molecule has 0 fully saturated rings. The average Bonchev–Trinajstić information content (AvgIpc) is 2.44. The SMILES string of the molecule is CCN(CC)c1cc(Nc2ccc(Cl)cc2Cl)ncn1. The molecular formula is C14H16Cl2N4. The molecule has 0 atom stereocenters. The summed E-state index contributed by atoms with van der Waals surface area (Å²) in [6.07, 6.45) is 1.54. The predicted molar refractivity (Wildman–Crippen MR) is 85.3 cm³/mol. The number of aromatic nitrogens is 2. The van der Waals surface area contributed by atoms with E-state index in [1.807, 2.05) is 12.1 Å². The first-order chi connectivity index (χ1) is 9.63. The number of nitrogens with one attached hydrogen (secondary N) is 1. The van der Waals surface area contributed by atoms with E-state index in [2.05, 4.69) is 34.0 Å². The van der Waals surface area contributed by atoms with Gasteiger partial charge in [-0.2, -0.15) is 0 Å². The number of halogens is 2. The van der Waals surface area contributed by atoms with Crippen molar-refractivity contribution in [2.45, 2.75) is 13.8 Å². The van der Waals surface area contributed by atoms with Crippen molar-refractivity contribution in [3.05, 3.63) is 40.6 Å². The van der Waals surface area contributed by atoms with Crippen molar-refractivity contribution in [2.75, 3.05) is 23.3 Å². The summed E-state index contributed by atoms with van der Waals surface area (Å²) >= 11 is 12.0. The summed E-state index contributed by atoms with van der Waals surface area (Å²) in [6, 6.07) is 7.20. The Morgan fingerprint density at radius 1 is 1.10 bits per heavy atom. The first-order valence-corrected chi connectivity index (χ1v) is 7.18. The van der Waals surface area contributed by atoms with Crippen LogP contribution in [0.25, 0.3) is 0 Å². The average molecular weight is 311 g/mol. The maximum Gasteiger partial charge on any atom is 0.135 e. The van der Waals surface area contributed by atoms with Gasteiger partial charge in [0.25, 0.3) is 0 Å². The molecule has 0 saturated carbocycles. The maximum absolute atomic E-state index is 6.14. The van der Waals surface area contributed by atoms with E-state index in [9.17, 15) is 0 Å². The summed E-state index contributed by atoms with van der Waals surface area (Å²) in [4.78, 5) is 10.6. The van der Waals surface area contributed by atoms with Crippen molar-refractivity contribution in [1.82, 2.24) is 9.97 Å². The van der Waals surface area contributed by atoms with E-state index in [-0.39, 0.29) is 0 Å². The number of hydrogen-bond acceptors (Lipinski definition) is 4. The number of rotatable bonds is 5. The third-order valence-corrected chi connectivity index (χ3v) is 3.48. The van der Waals surface area contributed by atoms with Crippen LogP contribution in [-0.4, -0.2) is 23.1 Å². The standard InChI is InChI=1S/C14H16Cl2N4/c1-3-20(4-2)14-8-13(17-9-18-14)19-12-6-5-10(15)7-11(12)16/h5-9H,3-4H2,1-2H3,(H,17,18,19). The van der Waals surface area contributed by atoms with E-state index in [0.29, 0.717) is 15.9 Å². The molecule has 0 amide bonds. The van der Waals surface area contributed by atoms with Gasteiger partial charge in [-0.05, 0) is 32.0 Å². The molecule has 0 bridgehead atoms. The number of hydrogen-bond donors (Lipinski definition) is 1. The minimum absolute atomic E-state index is 0.556. The Bertz CT molecular complexity index is 585. The Hall–Kier alpha value is -1.52. The molecular weight excluding hydrogens is 295 g/mol. The minimum atomic E-state index is 0.556. The first-order valence-electron chi connectivity index (χ1n) is 6.43. The van der Waals surface area contributed by atoms with Crippen LogP contribution in [0.1, 0.15) is 13.8 Å². The number of benzene rings is 1. The van der Waals surface area contributed by atoms with E-state index in [0.717, 1.165) is 24.6 Å². The second-order valence-electron chi connectivity index (χ2n) is 4.18. The molecule has 1 aromatic heterocycles. The van der Waals surface area contributed by atoms with Gasteiger partial charge in [-0.3, -0.25) is 0 Å². The van der Waals surface area contributed by atoms with Crippen LogP contribution >= 0.6 is 23.2 Å². The molecule has 1 heterocycles. The quantitative estimate of drug-likeness (QED) is 0.890. The number of nitrogens with zero attached hydrogens (tertiary/aromatic N) is 3. The lowest BCUT2D eigenvalue weighted by molar-refractivity contribution is 0.842. The third kappa shape index (κ3) is 3.52. The molecule has 0 radical (unpaired) electrons. The summed E-state index contributed by atoms with van der Waals surface area (Å²) in [7, 11) is 0. The smallest absolute Gasteiger partial charge is 0.135 e. The highest BCUT2D eigenvalue weighted by molar-refractivity contribution is 6.36. The summed E-state index contributed by atoms with van der Waals surface area (Å²) in [5, 5.41) is 4.33. The zero-order valence-corrected chi connectivity index (χ0v) is 12.9. The van der Waals surface area contributed by atoms with Gasteiger partial charge in [-0.25, -0.2) is 9.97 Å². The van der Waals surface area contributed by atoms with Gasteiger partial charge in [0, 0.05) is 24.2 Å². The van der Waals surface area contributed by atoms with E-state index in [1.165, 1.54) is 0 Å². The van der Waals surface area contributed by atoms with E-state index in [4.69, 9.17) is 23.2 Å². The fourth-order valence-corrected chi connectivity index (χ4v) is 2.32. The largest absolute Gasteiger partial charge is 0.357 e. The lowest BCUT2D eigenvalue weighted by atomic mass is 10.3. The molecule has 6 heteroatoms. The highest BCUT2D eigenvalue weighted by Crippen LogP contribution is 2.28. The van der Waals surface area contributed by atoms with Gasteiger partial charge >= 0.3 is 0 Å². The Balaban J connectivity index is 2.23. The van der Waals surface area contributed by atoms with Gasteiger partial charge in [-0.15, -0.1) is 0 Å². The summed E-state index contributed by atoms with van der Waals surface area (Å²) < 4.78 is 0. The van der Waals surface area contributed by atoms with Gasteiger partial charge in [0.2, 0.25) is 0 Å². The van der Waals surface area contributed by atoms with Crippen molar-refractivity contribution >= 4 is 40.5 Å². The van der Waals surface area contributed by atoms with Crippen molar-refractivity contribution in [3.8, 4) is 0 Å². The molecule has 0 spiro atoms. The van der Waals surface area contributed by atoms with Crippen molar-refractivity contribution in [1.29, 1.82) is 0 Å². The predicted octanol–water partition coefficient (Wildman–Crippen LogP) is 4.37. The molecule has 2 aromatic rings. The van der Waals surface area contributed by atoms with Gasteiger partial charge in [0.05, 0.1) is 10.7 Å². The highest BCUT2D eigenvalue weighted by Gasteiger charge is 2.07. The van der Waals surface area contributed by atoms with Crippen LogP contribution in [0.3, 0.4) is 0 Å². The summed E-state index contributed by atoms with van der Waals surface area (Å²) in [5.41, 5.74) is 0.764. The van der Waals surface area contributed by atoms with E-state index in [1.54, 1.807) is 18.5 Å². The Kier molecular flexibility index (Phi) is 5.04. The van der Waals surface area contributed by atoms with Crippen molar-refractivity contribution in [2.24, 2.45) is 0 Å².